The molecule has 2 atom stereocenters. The summed E-state index contributed by atoms with van der Waals surface area (Å²) in [6.07, 6.45) is 4.01. The molecule has 2 fully saturated rings. The van der Waals surface area contributed by atoms with E-state index in [-0.39, 0.29) is 17.7 Å². The fourth-order valence-electron chi connectivity index (χ4n) is 2.53. The molecule has 0 bridgehead atoms. The van der Waals surface area contributed by atoms with Gasteiger partial charge in [0, 0.05) is 17.6 Å². The molecule has 1 aromatic rings. The number of carbonyl (C=O) groups excluding carboxylic acids is 1. The highest BCUT2D eigenvalue weighted by molar-refractivity contribution is 8.00. The van der Waals surface area contributed by atoms with E-state index in [1.54, 1.807) is 35.0 Å². The van der Waals surface area contributed by atoms with E-state index in [1.807, 2.05) is 6.07 Å². The Kier molecular flexibility index (Phi) is 3.65. The number of hydrogen-bond acceptors (Lipinski definition) is 4. The summed E-state index contributed by atoms with van der Waals surface area (Å²) in [4.78, 5) is 29.5. The SMILES string of the molecule is O=C(O)C1CSC(C2CC2)N1C(=O)Cc1ccccn1. The second-order valence-corrected chi connectivity index (χ2v) is 6.36. The first-order chi connectivity index (χ1) is 9.66. The molecule has 2 unspecified atom stereocenters. The van der Waals surface area contributed by atoms with Gasteiger partial charge in [-0.3, -0.25) is 9.78 Å². The number of thioether (sulfide) groups is 1. The van der Waals surface area contributed by atoms with Crippen molar-refractivity contribution in [3.63, 3.8) is 0 Å². The van der Waals surface area contributed by atoms with Gasteiger partial charge in [0.05, 0.1) is 11.8 Å². The van der Waals surface area contributed by atoms with Crippen LogP contribution in [-0.4, -0.2) is 44.0 Å². The summed E-state index contributed by atoms with van der Waals surface area (Å²) in [6, 6.07) is 4.73. The first kappa shape index (κ1) is 13.4. The summed E-state index contributed by atoms with van der Waals surface area (Å²) in [5.74, 6) is -0.0742. The van der Waals surface area contributed by atoms with Crippen LogP contribution in [0.5, 0.6) is 0 Å². The molecule has 0 radical (unpaired) electrons. The molecule has 1 amide bonds. The lowest BCUT2D eigenvalue weighted by Gasteiger charge is -2.27. The monoisotopic (exact) mass is 292 g/mol. The molecule has 3 rings (SSSR count). The highest BCUT2D eigenvalue weighted by Gasteiger charge is 2.47. The lowest BCUT2D eigenvalue weighted by molar-refractivity contribution is -0.149. The van der Waals surface area contributed by atoms with Crippen LogP contribution in [0.15, 0.2) is 24.4 Å². The lowest BCUT2D eigenvalue weighted by Crippen LogP contribution is -2.47. The standard InChI is InChI=1S/C14H16N2O3S/c17-12(7-10-3-1-2-6-15-10)16-11(14(18)19)8-20-13(16)9-4-5-9/h1-3,6,9,11,13H,4-5,7-8H2,(H,18,19). The van der Waals surface area contributed by atoms with Crippen molar-refractivity contribution in [2.24, 2.45) is 5.92 Å². The normalized spacial score (nSPS) is 25.7. The van der Waals surface area contributed by atoms with Crippen LogP contribution >= 0.6 is 11.8 Å². The minimum Gasteiger partial charge on any atom is -0.480 e. The van der Waals surface area contributed by atoms with Gasteiger partial charge in [-0.1, -0.05) is 6.07 Å². The predicted octanol–water partition coefficient (Wildman–Crippen LogP) is 1.39. The van der Waals surface area contributed by atoms with E-state index in [4.69, 9.17) is 0 Å². The number of pyridine rings is 1. The Morgan fingerprint density at radius 2 is 2.20 bits per heavy atom. The molecule has 20 heavy (non-hydrogen) atoms. The van der Waals surface area contributed by atoms with Crippen molar-refractivity contribution in [2.75, 3.05) is 5.75 Å². The molecule has 1 aromatic heterocycles. The fourth-order valence-corrected chi connectivity index (χ4v) is 4.18. The van der Waals surface area contributed by atoms with Crippen LogP contribution in [0.4, 0.5) is 0 Å². The number of aromatic nitrogens is 1. The Labute approximate surface area is 121 Å². The second kappa shape index (κ2) is 5.44. The molecule has 1 aliphatic carbocycles. The van der Waals surface area contributed by atoms with Crippen LogP contribution < -0.4 is 0 Å². The summed E-state index contributed by atoms with van der Waals surface area (Å²) < 4.78 is 0. The van der Waals surface area contributed by atoms with Gasteiger partial charge in [0.25, 0.3) is 0 Å². The predicted molar refractivity (Wildman–Crippen MR) is 75.2 cm³/mol. The molecule has 106 valence electrons. The van der Waals surface area contributed by atoms with E-state index in [0.29, 0.717) is 17.4 Å². The molecular weight excluding hydrogens is 276 g/mol. The van der Waals surface area contributed by atoms with Gasteiger partial charge in [-0.25, -0.2) is 4.79 Å². The van der Waals surface area contributed by atoms with Crippen LogP contribution in [0.25, 0.3) is 0 Å². The molecule has 1 saturated carbocycles. The van der Waals surface area contributed by atoms with Crippen molar-refractivity contribution in [2.45, 2.75) is 30.7 Å². The topological polar surface area (TPSA) is 70.5 Å². The second-order valence-electron chi connectivity index (χ2n) is 5.21. The highest BCUT2D eigenvalue weighted by atomic mass is 32.2. The molecule has 6 heteroatoms. The van der Waals surface area contributed by atoms with Gasteiger partial charge in [0.15, 0.2) is 0 Å². The van der Waals surface area contributed by atoms with Crippen LogP contribution in [0.2, 0.25) is 0 Å². The van der Waals surface area contributed by atoms with E-state index >= 15 is 0 Å². The Morgan fingerprint density at radius 1 is 1.40 bits per heavy atom. The summed E-state index contributed by atoms with van der Waals surface area (Å²) in [5, 5.41) is 9.33. The van der Waals surface area contributed by atoms with E-state index in [0.717, 1.165) is 12.8 Å². The molecule has 1 N–H and O–H groups in total. The van der Waals surface area contributed by atoms with Crippen LogP contribution in [0.1, 0.15) is 18.5 Å². The third-order valence-corrected chi connectivity index (χ3v) is 5.15. The zero-order valence-electron chi connectivity index (χ0n) is 10.9. The summed E-state index contributed by atoms with van der Waals surface area (Å²) in [7, 11) is 0. The van der Waals surface area contributed by atoms with Crippen LogP contribution in [0.3, 0.4) is 0 Å². The maximum absolute atomic E-state index is 12.5. The largest absolute Gasteiger partial charge is 0.480 e. The third-order valence-electron chi connectivity index (χ3n) is 3.69. The van der Waals surface area contributed by atoms with Gasteiger partial charge in [-0.2, -0.15) is 0 Å². The van der Waals surface area contributed by atoms with Gasteiger partial charge in [0.2, 0.25) is 5.91 Å². The number of carbonyl (C=O) groups is 2. The maximum atomic E-state index is 12.5. The third kappa shape index (κ3) is 2.65. The van der Waals surface area contributed by atoms with Gasteiger partial charge < -0.3 is 10.0 Å². The first-order valence-corrected chi connectivity index (χ1v) is 7.77. The van der Waals surface area contributed by atoms with Crippen molar-refractivity contribution >= 4 is 23.6 Å². The zero-order valence-corrected chi connectivity index (χ0v) is 11.8. The molecule has 2 heterocycles. The average Bonchev–Trinajstić information content (AvgIpc) is 3.17. The number of carboxylic acid groups (broad SMARTS) is 1. The summed E-state index contributed by atoms with van der Waals surface area (Å²) >= 11 is 1.60. The summed E-state index contributed by atoms with van der Waals surface area (Å²) in [6.45, 7) is 0. The molecule has 0 spiro atoms. The van der Waals surface area contributed by atoms with E-state index in [1.165, 1.54) is 0 Å². The average molecular weight is 292 g/mol. The molecular formula is C14H16N2O3S. The fraction of sp³-hybridized carbons (Fsp3) is 0.500. The van der Waals surface area contributed by atoms with Crippen molar-refractivity contribution < 1.29 is 14.7 Å². The van der Waals surface area contributed by atoms with E-state index in [2.05, 4.69) is 4.98 Å². The maximum Gasteiger partial charge on any atom is 0.327 e. The van der Waals surface area contributed by atoms with Crippen LogP contribution in [-0.2, 0) is 16.0 Å². The number of rotatable bonds is 4. The van der Waals surface area contributed by atoms with Gasteiger partial charge in [-0.05, 0) is 30.9 Å². The van der Waals surface area contributed by atoms with Crippen molar-refractivity contribution in [1.29, 1.82) is 0 Å². The Balaban J connectivity index is 1.76. The number of carboxylic acids is 1. The molecule has 0 aromatic carbocycles. The van der Waals surface area contributed by atoms with Crippen molar-refractivity contribution in [1.82, 2.24) is 9.88 Å². The zero-order chi connectivity index (χ0) is 14.1. The minimum atomic E-state index is -0.907. The smallest absolute Gasteiger partial charge is 0.327 e. The lowest BCUT2D eigenvalue weighted by atomic mass is 10.2. The number of hydrogen-bond donors (Lipinski definition) is 1. The Morgan fingerprint density at radius 3 is 2.80 bits per heavy atom. The highest BCUT2D eigenvalue weighted by Crippen LogP contribution is 2.45. The van der Waals surface area contributed by atoms with Crippen molar-refractivity contribution in [3.05, 3.63) is 30.1 Å². The molecule has 5 nitrogen and oxygen atoms in total. The van der Waals surface area contributed by atoms with Crippen molar-refractivity contribution in [3.8, 4) is 0 Å². The Hall–Kier alpha value is -1.56. The number of aliphatic carboxylic acids is 1. The minimum absolute atomic E-state index is 0.0345. The summed E-state index contributed by atoms with van der Waals surface area (Å²) in [5.41, 5.74) is 0.688. The Bertz CT molecular complexity index is 518. The number of amides is 1. The molecule has 1 aliphatic heterocycles. The van der Waals surface area contributed by atoms with E-state index in [9.17, 15) is 14.7 Å². The number of nitrogens with zero attached hydrogens (tertiary/aromatic N) is 2. The van der Waals surface area contributed by atoms with Gasteiger partial charge >= 0.3 is 5.97 Å². The van der Waals surface area contributed by atoms with Crippen LogP contribution in [0, 0.1) is 5.92 Å². The quantitative estimate of drug-likeness (QED) is 0.908. The van der Waals surface area contributed by atoms with Gasteiger partial charge in [0.1, 0.15) is 6.04 Å². The first-order valence-electron chi connectivity index (χ1n) is 6.72. The molecule has 1 saturated heterocycles. The van der Waals surface area contributed by atoms with E-state index < -0.39 is 12.0 Å². The van der Waals surface area contributed by atoms with Gasteiger partial charge in [-0.15, -0.1) is 11.8 Å². The molecule has 2 aliphatic rings.